The molecule has 22 heavy (non-hydrogen) atoms. The molecule has 0 unspecified atom stereocenters. The Morgan fingerprint density at radius 1 is 1.18 bits per heavy atom. The number of benzene rings is 1. The standard InChI is InChI=1S/C17H25F3OSi/c1-5-6-7-16(21)15-12-14(17(18,19)20)9-8-13(15)10-11-22(2,3)4/h8-9,12H,5-7,10-11H2,1-4H3. The Kier molecular flexibility index (Phi) is 6.41. The van der Waals surface area contributed by atoms with Crippen LogP contribution in [0.3, 0.4) is 0 Å². The van der Waals surface area contributed by atoms with Crippen LogP contribution in [0.25, 0.3) is 0 Å². The Morgan fingerprint density at radius 3 is 2.32 bits per heavy atom. The van der Waals surface area contributed by atoms with Gasteiger partial charge in [-0.25, -0.2) is 0 Å². The molecule has 0 amide bonds. The molecule has 0 heterocycles. The lowest BCUT2D eigenvalue weighted by atomic mass is 9.96. The molecule has 0 spiro atoms. The third-order valence-corrected chi connectivity index (χ3v) is 5.39. The number of aryl methyl sites for hydroxylation is 1. The fourth-order valence-electron chi connectivity index (χ4n) is 2.21. The maximum atomic E-state index is 12.9. The second kappa shape index (κ2) is 7.44. The van der Waals surface area contributed by atoms with Crippen LogP contribution < -0.4 is 0 Å². The third kappa shape index (κ3) is 5.95. The van der Waals surface area contributed by atoms with Gasteiger partial charge < -0.3 is 0 Å². The van der Waals surface area contributed by atoms with E-state index in [9.17, 15) is 18.0 Å². The number of alkyl halides is 3. The molecule has 0 aliphatic carbocycles. The Bertz CT molecular complexity index is 516. The average Bonchev–Trinajstić information content (AvgIpc) is 2.40. The Hall–Kier alpha value is -1.10. The molecule has 1 rings (SSSR count). The number of carbonyl (C=O) groups excluding carboxylic acids is 1. The number of hydrogen-bond donors (Lipinski definition) is 0. The van der Waals surface area contributed by atoms with E-state index < -0.39 is 19.8 Å². The van der Waals surface area contributed by atoms with E-state index in [0.29, 0.717) is 19.3 Å². The first-order chi connectivity index (χ1) is 10.0. The molecule has 5 heteroatoms. The van der Waals surface area contributed by atoms with Gasteiger partial charge in [0.1, 0.15) is 0 Å². The minimum atomic E-state index is -4.41. The lowest BCUT2D eigenvalue weighted by Gasteiger charge is -2.18. The quantitative estimate of drug-likeness (QED) is 0.445. The fraction of sp³-hybridized carbons (Fsp3) is 0.588. The van der Waals surface area contributed by atoms with Gasteiger partial charge in [-0.05, 0) is 30.5 Å². The van der Waals surface area contributed by atoms with E-state index in [1.54, 1.807) is 0 Å². The Balaban J connectivity index is 3.11. The zero-order valence-corrected chi connectivity index (χ0v) is 14.8. The molecule has 0 N–H and O–H groups in total. The fourth-order valence-corrected chi connectivity index (χ4v) is 3.23. The lowest BCUT2D eigenvalue weighted by Crippen LogP contribution is -2.20. The summed E-state index contributed by atoms with van der Waals surface area (Å²) in [5.74, 6) is -0.168. The smallest absolute Gasteiger partial charge is 0.294 e. The Morgan fingerprint density at radius 2 is 1.82 bits per heavy atom. The predicted molar refractivity (Wildman–Crippen MR) is 87.2 cm³/mol. The van der Waals surface area contributed by atoms with E-state index >= 15 is 0 Å². The predicted octanol–water partition coefficient (Wildman–Crippen LogP) is 5.96. The summed E-state index contributed by atoms with van der Waals surface area (Å²) in [5, 5.41) is 0. The molecular weight excluding hydrogens is 305 g/mol. The molecular formula is C17H25F3OSi. The number of carbonyl (C=O) groups is 1. The highest BCUT2D eigenvalue weighted by atomic mass is 28.3. The molecule has 124 valence electrons. The van der Waals surface area contributed by atoms with Crippen LogP contribution in [0.1, 0.15) is 47.7 Å². The molecule has 0 bridgehead atoms. The van der Waals surface area contributed by atoms with E-state index in [2.05, 4.69) is 19.6 Å². The van der Waals surface area contributed by atoms with Crippen molar-refractivity contribution in [3.05, 3.63) is 34.9 Å². The zero-order valence-electron chi connectivity index (χ0n) is 13.8. The van der Waals surface area contributed by atoms with Crippen molar-refractivity contribution in [2.24, 2.45) is 0 Å². The van der Waals surface area contributed by atoms with Crippen LogP contribution >= 0.6 is 0 Å². The largest absolute Gasteiger partial charge is 0.416 e. The van der Waals surface area contributed by atoms with Crippen molar-refractivity contribution in [2.45, 2.75) is 64.5 Å². The summed E-state index contributed by atoms with van der Waals surface area (Å²) in [7, 11) is -1.31. The number of ketones is 1. The number of unbranched alkanes of at least 4 members (excludes halogenated alkanes) is 1. The molecule has 0 aliphatic heterocycles. The van der Waals surface area contributed by atoms with Crippen molar-refractivity contribution in [2.75, 3.05) is 0 Å². The molecule has 0 atom stereocenters. The van der Waals surface area contributed by atoms with Crippen molar-refractivity contribution in [3.8, 4) is 0 Å². The third-order valence-electron chi connectivity index (χ3n) is 3.64. The summed E-state index contributed by atoms with van der Waals surface area (Å²) in [6.45, 7) is 8.62. The second-order valence-electron chi connectivity index (χ2n) is 6.96. The SMILES string of the molecule is CCCCC(=O)c1cc(C(F)(F)F)ccc1CC[Si](C)(C)C. The van der Waals surface area contributed by atoms with Crippen LogP contribution in [-0.2, 0) is 12.6 Å². The summed E-state index contributed by atoms with van der Waals surface area (Å²) >= 11 is 0. The maximum absolute atomic E-state index is 12.9. The molecule has 0 radical (unpaired) electrons. The molecule has 0 aliphatic rings. The minimum absolute atomic E-state index is 0.168. The van der Waals surface area contributed by atoms with Gasteiger partial charge in [0.15, 0.2) is 5.78 Å². The topological polar surface area (TPSA) is 17.1 Å². The van der Waals surface area contributed by atoms with Gasteiger partial charge in [-0.2, -0.15) is 13.2 Å². The zero-order chi connectivity index (χ0) is 17.0. The first-order valence-corrected chi connectivity index (χ1v) is 11.5. The number of halogens is 3. The Labute approximate surface area is 131 Å². The lowest BCUT2D eigenvalue weighted by molar-refractivity contribution is -0.137. The minimum Gasteiger partial charge on any atom is -0.294 e. The number of rotatable bonds is 7. The van der Waals surface area contributed by atoms with Gasteiger partial charge in [0.25, 0.3) is 0 Å². The summed E-state index contributed by atoms with van der Waals surface area (Å²) in [6.07, 6.45) is -1.84. The van der Waals surface area contributed by atoms with E-state index in [0.717, 1.165) is 30.2 Å². The van der Waals surface area contributed by atoms with Crippen molar-refractivity contribution in [1.82, 2.24) is 0 Å². The number of hydrogen-bond acceptors (Lipinski definition) is 1. The highest BCUT2D eigenvalue weighted by Gasteiger charge is 2.31. The molecule has 0 saturated carbocycles. The second-order valence-corrected chi connectivity index (χ2v) is 12.6. The van der Waals surface area contributed by atoms with Crippen LogP contribution in [0, 0.1) is 0 Å². The van der Waals surface area contributed by atoms with Crippen LogP contribution in [-0.4, -0.2) is 13.9 Å². The molecule has 1 nitrogen and oxygen atoms in total. The van der Waals surface area contributed by atoms with Crippen molar-refractivity contribution in [1.29, 1.82) is 0 Å². The van der Waals surface area contributed by atoms with Crippen LogP contribution in [0.5, 0.6) is 0 Å². The van der Waals surface area contributed by atoms with Gasteiger partial charge in [0, 0.05) is 20.1 Å². The van der Waals surface area contributed by atoms with E-state index in [1.165, 1.54) is 6.07 Å². The molecule has 1 aromatic rings. The van der Waals surface area contributed by atoms with Gasteiger partial charge in [0.2, 0.25) is 0 Å². The molecule has 0 aromatic heterocycles. The van der Waals surface area contributed by atoms with E-state index in [1.807, 2.05) is 6.92 Å². The first-order valence-electron chi connectivity index (χ1n) is 7.78. The highest BCUT2D eigenvalue weighted by Crippen LogP contribution is 2.31. The van der Waals surface area contributed by atoms with Crippen molar-refractivity contribution in [3.63, 3.8) is 0 Å². The summed E-state index contributed by atoms with van der Waals surface area (Å²) in [5.41, 5.74) is 0.294. The van der Waals surface area contributed by atoms with Crippen LogP contribution in [0.2, 0.25) is 25.7 Å². The average molecular weight is 330 g/mol. The van der Waals surface area contributed by atoms with Gasteiger partial charge in [-0.3, -0.25) is 4.79 Å². The van der Waals surface area contributed by atoms with Gasteiger partial charge >= 0.3 is 6.18 Å². The van der Waals surface area contributed by atoms with Crippen LogP contribution in [0.4, 0.5) is 13.2 Å². The molecule has 1 aromatic carbocycles. The first kappa shape index (κ1) is 18.9. The summed E-state index contributed by atoms with van der Waals surface area (Å²) in [4.78, 5) is 12.3. The summed E-state index contributed by atoms with van der Waals surface area (Å²) in [6, 6.07) is 4.59. The highest BCUT2D eigenvalue weighted by molar-refractivity contribution is 6.76. The van der Waals surface area contributed by atoms with Gasteiger partial charge in [0.05, 0.1) is 5.56 Å². The van der Waals surface area contributed by atoms with Crippen molar-refractivity contribution < 1.29 is 18.0 Å². The normalized spacial score (nSPS) is 12.5. The van der Waals surface area contributed by atoms with E-state index in [-0.39, 0.29) is 11.3 Å². The maximum Gasteiger partial charge on any atom is 0.416 e. The number of Topliss-reactive ketones (excluding diaryl/α,β-unsaturated/α-hetero) is 1. The molecule has 0 saturated heterocycles. The van der Waals surface area contributed by atoms with E-state index in [4.69, 9.17) is 0 Å². The van der Waals surface area contributed by atoms with Crippen LogP contribution in [0.15, 0.2) is 18.2 Å². The van der Waals surface area contributed by atoms with Gasteiger partial charge in [-0.15, -0.1) is 0 Å². The van der Waals surface area contributed by atoms with Gasteiger partial charge in [-0.1, -0.05) is 45.1 Å². The van der Waals surface area contributed by atoms with Crippen molar-refractivity contribution >= 4 is 13.9 Å². The molecule has 0 fully saturated rings. The summed E-state index contributed by atoms with van der Waals surface area (Å²) < 4.78 is 38.7. The monoisotopic (exact) mass is 330 g/mol.